The fraction of sp³-hybridized carbons (Fsp3) is 0.421. The minimum absolute atomic E-state index is 0.00574. The average molecular weight is 442 g/mol. The Morgan fingerprint density at radius 3 is 2.66 bits per heavy atom. The molecule has 10 heteroatoms. The second kappa shape index (κ2) is 7.62. The number of halogens is 2. The molecule has 0 spiro atoms. The van der Waals surface area contributed by atoms with Crippen molar-refractivity contribution in [1.29, 1.82) is 0 Å². The van der Waals surface area contributed by atoms with Gasteiger partial charge in [-0.2, -0.15) is 0 Å². The topological polar surface area (TPSA) is 79.3 Å². The van der Waals surface area contributed by atoms with Crippen LogP contribution < -0.4 is 10.6 Å². The molecule has 0 amide bonds. The summed E-state index contributed by atoms with van der Waals surface area (Å²) < 4.78 is 42.0. The van der Waals surface area contributed by atoms with Crippen LogP contribution in [-0.4, -0.2) is 56.3 Å². The monoisotopic (exact) mass is 441 g/mol. The van der Waals surface area contributed by atoms with E-state index in [4.69, 9.17) is 11.6 Å². The van der Waals surface area contributed by atoms with E-state index in [2.05, 4.69) is 20.6 Å². The number of sulfone groups is 1. The van der Waals surface area contributed by atoms with E-state index in [0.717, 1.165) is 30.8 Å². The van der Waals surface area contributed by atoms with Crippen LogP contribution in [0.4, 0.5) is 16.0 Å². The zero-order valence-corrected chi connectivity index (χ0v) is 18.6. The molecule has 1 atom stereocenters. The van der Waals surface area contributed by atoms with Crippen molar-refractivity contribution in [2.75, 3.05) is 38.3 Å². The van der Waals surface area contributed by atoms with Crippen LogP contribution in [-0.2, 0) is 9.84 Å². The Balaban J connectivity index is 2.15. The summed E-state index contributed by atoms with van der Waals surface area (Å²) in [6, 6.07) is 3.37. The van der Waals surface area contributed by atoms with Crippen LogP contribution in [0.5, 0.6) is 0 Å². The van der Waals surface area contributed by atoms with Crippen LogP contribution >= 0.6 is 11.6 Å². The lowest BCUT2D eigenvalue weighted by Gasteiger charge is -2.34. The molecule has 1 aromatic heterocycles. The second-order valence-electron chi connectivity index (χ2n) is 7.65. The molecule has 0 saturated carbocycles. The van der Waals surface area contributed by atoms with Crippen molar-refractivity contribution in [2.24, 2.45) is 0 Å². The minimum Gasteiger partial charge on any atom is -0.370 e. The standard InChI is InChI=1S/C19H25ClFN5O2S/c1-12-11-19(2,8-9-25(4)5)23-18-16(17(22-3)24-26(12)18)29(27,28)13-6-7-15(21)14(20)10-13/h6-7,10-11,23H,8-9H2,1-5H3,(H,22,24). The third kappa shape index (κ3) is 3.99. The third-order valence-electron chi connectivity index (χ3n) is 4.89. The highest BCUT2D eigenvalue weighted by molar-refractivity contribution is 7.91. The van der Waals surface area contributed by atoms with Crippen molar-refractivity contribution >= 4 is 38.8 Å². The first-order valence-electron chi connectivity index (χ1n) is 9.12. The van der Waals surface area contributed by atoms with Gasteiger partial charge in [0.15, 0.2) is 16.5 Å². The molecule has 0 saturated heterocycles. The molecule has 2 aromatic rings. The van der Waals surface area contributed by atoms with E-state index >= 15 is 0 Å². The molecule has 0 bridgehead atoms. The van der Waals surface area contributed by atoms with E-state index in [9.17, 15) is 12.8 Å². The fourth-order valence-electron chi connectivity index (χ4n) is 3.37. The summed E-state index contributed by atoms with van der Waals surface area (Å²) in [5.74, 6) is -0.0988. The van der Waals surface area contributed by atoms with Crippen LogP contribution in [0.15, 0.2) is 34.1 Å². The van der Waals surface area contributed by atoms with Gasteiger partial charge in [0.1, 0.15) is 5.82 Å². The Morgan fingerprint density at radius 1 is 1.38 bits per heavy atom. The van der Waals surface area contributed by atoms with Gasteiger partial charge in [-0.05, 0) is 58.6 Å². The van der Waals surface area contributed by atoms with Crippen molar-refractivity contribution in [3.8, 4) is 0 Å². The molecule has 2 heterocycles. The lowest BCUT2D eigenvalue weighted by molar-refractivity contribution is 0.367. The lowest BCUT2D eigenvalue weighted by Crippen LogP contribution is -2.40. The number of aromatic nitrogens is 2. The molecular formula is C19H25ClFN5O2S. The first kappa shape index (κ1) is 21.6. The van der Waals surface area contributed by atoms with Gasteiger partial charge in [-0.15, -0.1) is 5.10 Å². The van der Waals surface area contributed by atoms with E-state index < -0.39 is 21.2 Å². The number of rotatable bonds is 6. The Kier molecular flexibility index (Phi) is 5.68. The number of hydrogen-bond donors (Lipinski definition) is 2. The van der Waals surface area contributed by atoms with Crippen LogP contribution in [0.25, 0.3) is 5.70 Å². The maximum atomic E-state index is 13.6. The van der Waals surface area contributed by atoms with Crippen molar-refractivity contribution in [3.63, 3.8) is 0 Å². The highest BCUT2D eigenvalue weighted by atomic mass is 35.5. The number of anilines is 2. The van der Waals surface area contributed by atoms with Gasteiger partial charge >= 0.3 is 0 Å². The highest BCUT2D eigenvalue weighted by Gasteiger charge is 2.37. The highest BCUT2D eigenvalue weighted by Crippen LogP contribution is 2.40. The third-order valence-corrected chi connectivity index (χ3v) is 6.98. The SMILES string of the molecule is CNc1nn2c(c1S(=O)(=O)c1ccc(F)c(Cl)c1)NC(C)(CCN(C)C)C=C2C. The first-order valence-corrected chi connectivity index (χ1v) is 11.0. The normalized spacial score (nSPS) is 19.0. The van der Waals surface area contributed by atoms with Crippen LogP contribution in [0.1, 0.15) is 20.3 Å². The summed E-state index contributed by atoms with van der Waals surface area (Å²) in [7, 11) is 1.56. The molecule has 0 radical (unpaired) electrons. The molecule has 1 aromatic carbocycles. The van der Waals surface area contributed by atoms with Gasteiger partial charge in [0, 0.05) is 19.3 Å². The molecule has 158 valence electrons. The van der Waals surface area contributed by atoms with Crippen LogP contribution in [0.3, 0.4) is 0 Å². The van der Waals surface area contributed by atoms with Gasteiger partial charge in [-0.3, -0.25) is 0 Å². The Labute approximate surface area is 175 Å². The number of nitrogens with one attached hydrogen (secondary N) is 2. The van der Waals surface area contributed by atoms with Crippen LogP contribution in [0.2, 0.25) is 5.02 Å². The molecule has 7 nitrogen and oxygen atoms in total. The second-order valence-corrected chi connectivity index (χ2v) is 9.94. The summed E-state index contributed by atoms with van der Waals surface area (Å²) in [6.07, 6.45) is 2.81. The molecule has 2 N–H and O–H groups in total. The lowest BCUT2D eigenvalue weighted by atomic mass is 9.94. The molecule has 1 unspecified atom stereocenters. The number of benzene rings is 1. The van der Waals surface area contributed by atoms with E-state index in [-0.39, 0.29) is 20.6 Å². The zero-order chi connectivity index (χ0) is 21.6. The van der Waals surface area contributed by atoms with Gasteiger partial charge in [0.2, 0.25) is 9.84 Å². The predicted octanol–water partition coefficient (Wildman–Crippen LogP) is 3.55. The number of allylic oxidation sites excluding steroid dienone is 1. The smallest absolute Gasteiger partial charge is 0.214 e. The molecule has 1 aliphatic heterocycles. The Morgan fingerprint density at radius 2 is 2.07 bits per heavy atom. The summed E-state index contributed by atoms with van der Waals surface area (Å²) in [5, 5.41) is 10.4. The van der Waals surface area contributed by atoms with Crippen molar-refractivity contribution < 1.29 is 12.8 Å². The molecule has 1 aliphatic rings. The maximum Gasteiger partial charge on any atom is 0.214 e. The number of fused-ring (bicyclic) bond motifs is 1. The summed E-state index contributed by atoms with van der Waals surface area (Å²) in [4.78, 5) is 1.98. The van der Waals surface area contributed by atoms with Crippen LogP contribution in [0, 0.1) is 5.82 Å². The summed E-state index contributed by atoms with van der Waals surface area (Å²) in [6.45, 7) is 4.71. The van der Waals surface area contributed by atoms with Gasteiger partial charge in [-0.25, -0.2) is 17.5 Å². The maximum absolute atomic E-state index is 13.6. The molecule has 0 aliphatic carbocycles. The Bertz CT molecular complexity index is 1080. The summed E-state index contributed by atoms with van der Waals surface area (Å²) in [5.41, 5.74) is 0.357. The molecule has 29 heavy (non-hydrogen) atoms. The number of hydrogen-bond acceptors (Lipinski definition) is 6. The Hall–Kier alpha value is -2.10. The van der Waals surface area contributed by atoms with Crippen molar-refractivity contribution in [3.05, 3.63) is 35.1 Å². The minimum atomic E-state index is -4.02. The van der Waals surface area contributed by atoms with Crippen molar-refractivity contribution in [1.82, 2.24) is 14.7 Å². The average Bonchev–Trinajstić information content (AvgIpc) is 3.01. The molecular weight excluding hydrogens is 417 g/mol. The first-order chi connectivity index (χ1) is 13.5. The van der Waals surface area contributed by atoms with Crippen molar-refractivity contribution in [2.45, 2.75) is 35.6 Å². The molecule has 3 rings (SSSR count). The van der Waals surface area contributed by atoms with Gasteiger partial charge in [0.05, 0.1) is 15.5 Å². The molecule has 0 fully saturated rings. The van der Waals surface area contributed by atoms with E-state index in [1.165, 1.54) is 6.07 Å². The van der Waals surface area contributed by atoms with Gasteiger partial charge in [0.25, 0.3) is 0 Å². The predicted molar refractivity (Wildman–Crippen MR) is 114 cm³/mol. The summed E-state index contributed by atoms with van der Waals surface area (Å²) >= 11 is 5.83. The van der Waals surface area contributed by atoms with E-state index in [1.807, 2.05) is 34.0 Å². The van der Waals surface area contributed by atoms with Gasteiger partial charge < -0.3 is 15.5 Å². The number of nitrogens with zero attached hydrogens (tertiary/aromatic N) is 3. The largest absolute Gasteiger partial charge is 0.370 e. The quantitative estimate of drug-likeness (QED) is 0.667. The van der Waals surface area contributed by atoms with Gasteiger partial charge in [-0.1, -0.05) is 11.6 Å². The zero-order valence-electron chi connectivity index (χ0n) is 17.0. The van der Waals surface area contributed by atoms with E-state index in [1.54, 1.807) is 11.7 Å². The van der Waals surface area contributed by atoms with E-state index in [0.29, 0.717) is 5.82 Å². The fourth-order valence-corrected chi connectivity index (χ4v) is 5.16.